The van der Waals surface area contributed by atoms with Gasteiger partial charge in [-0.2, -0.15) is 0 Å². The molecule has 2 nitrogen and oxygen atoms in total. The average molecular weight is 273 g/mol. The Labute approximate surface area is 109 Å². The number of hydrogen-bond acceptors (Lipinski definition) is 4. The van der Waals surface area contributed by atoms with E-state index in [1.54, 1.807) is 22.7 Å². The smallest absolute Gasteiger partial charge is 0.0931 e. The molecule has 0 aliphatic carbocycles. The van der Waals surface area contributed by atoms with Gasteiger partial charge in [0.15, 0.2) is 0 Å². The van der Waals surface area contributed by atoms with Crippen LogP contribution in [0.15, 0.2) is 23.0 Å². The Hall–Kier alpha value is -0.420. The number of halogens is 1. The minimum Gasteiger partial charge on any atom is -0.293 e. The van der Waals surface area contributed by atoms with Crippen LogP contribution in [0.4, 0.5) is 0 Å². The molecule has 0 saturated heterocycles. The van der Waals surface area contributed by atoms with E-state index in [1.165, 1.54) is 4.88 Å². The van der Waals surface area contributed by atoms with Crippen LogP contribution in [0.3, 0.4) is 0 Å². The van der Waals surface area contributed by atoms with Crippen LogP contribution < -0.4 is 0 Å². The van der Waals surface area contributed by atoms with Crippen molar-refractivity contribution >= 4 is 34.3 Å². The highest BCUT2D eigenvalue weighted by atomic mass is 35.5. The molecule has 0 atom stereocenters. The highest BCUT2D eigenvalue weighted by Crippen LogP contribution is 2.23. The maximum atomic E-state index is 5.92. The SMILES string of the molecule is CCN(Cc1cscn1)Cc1ccc(Cl)s1. The van der Waals surface area contributed by atoms with Gasteiger partial charge in [0, 0.05) is 23.3 Å². The second kappa shape index (κ2) is 5.77. The van der Waals surface area contributed by atoms with Crippen LogP contribution in [0.5, 0.6) is 0 Å². The molecule has 0 fully saturated rings. The van der Waals surface area contributed by atoms with Gasteiger partial charge in [-0.25, -0.2) is 4.98 Å². The predicted octanol–water partition coefficient (Wildman–Crippen LogP) is 3.88. The highest BCUT2D eigenvalue weighted by molar-refractivity contribution is 7.16. The van der Waals surface area contributed by atoms with Gasteiger partial charge in [-0.1, -0.05) is 18.5 Å². The molecule has 0 aliphatic rings. The van der Waals surface area contributed by atoms with E-state index in [-0.39, 0.29) is 0 Å². The number of thiophene rings is 1. The molecule has 2 aromatic heterocycles. The van der Waals surface area contributed by atoms with E-state index in [2.05, 4.69) is 28.3 Å². The Kier molecular flexibility index (Phi) is 4.35. The van der Waals surface area contributed by atoms with Crippen LogP contribution >= 0.6 is 34.3 Å². The van der Waals surface area contributed by atoms with Crippen molar-refractivity contribution < 1.29 is 0 Å². The molecule has 0 amide bonds. The number of rotatable bonds is 5. The third-order valence-electron chi connectivity index (χ3n) is 2.32. The molecule has 2 aromatic rings. The molecule has 2 rings (SSSR count). The molecule has 0 unspecified atom stereocenters. The van der Waals surface area contributed by atoms with Gasteiger partial charge in [0.05, 0.1) is 15.5 Å². The first kappa shape index (κ1) is 12.0. The van der Waals surface area contributed by atoms with Crippen molar-refractivity contribution in [3.8, 4) is 0 Å². The Morgan fingerprint density at radius 3 is 2.81 bits per heavy atom. The molecule has 0 saturated carbocycles. The van der Waals surface area contributed by atoms with Gasteiger partial charge in [0.25, 0.3) is 0 Å². The molecule has 0 aliphatic heterocycles. The molecule has 2 heterocycles. The fourth-order valence-electron chi connectivity index (χ4n) is 1.48. The lowest BCUT2D eigenvalue weighted by Gasteiger charge is -2.18. The fraction of sp³-hybridized carbons (Fsp3) is 0.364. The summed E-state index contributed by atoms with van der Waals surface area (Å²) in [5.41, 5.74) is 3.03. The summed E-state index contributed by atoms with van der Waals surface area (Å²) in [6.45, 7) is 5.05. The van der Waals surface area contributed by atoms with Crippen LogP contribution in [0, 0.1) is 0 Å². The molecule has 86 valence electrons. The molecule has 0 aromatic carbocycles. The monoisotopic (exact) mass is 272 g/mol. The summed E-state index contributed by atoms with van der Waals surface area (Å²) >= 11 is 9.22. The van der Waals surface area contributed by atoms with Gasteiger partial charge in [0.2, 0.25) is 0 Å². The normalized spacial score (nSPS) is 11.2. The maximum absolute atomic E-state index is 5.92. The zero-order valence-electron chi connectivity index (χ0n) is 9.02. The first-order chi connectivity index (χ1) is 7.78. The molecule has 0 radical (unpaired) electrons. The lowest BCUT2D eigenvalue weighted by molar-refractivity contribution is 0.271. The summed E-state index contributed by atoms with van der Waals surface area (Å²) in [5, 5.41) is 2.10. The van der Waals surface area contributed by atoms with Crippen LogP contribution in [0.2, 0.25) is 4.34 Å². The zero-order valence-corrected chi connectivity index (χ0v) is 11.4. The van der Waals surface area contributed by atoms with Crippen molar-refractivity contribution in [3.63, 3.8) is 0 Å². The zero-order chi connectivity index (χ0) is 11.4. The van der Waals surface area contributed by atoms with Crippen molar-refractivity contribution in [1.82, 2.24) is 9.88 Å². The van der Waals surface area contributed by atoms with Gasteiger partial charge < -0.3 is 0 Å². The van der Waals surface area contributed by atoms with E-state index in [0.29, 0.717) is 0 Å². The topological polar surface area (TPSA) is 16.1 Å². The van der Waals surface area contributed by atoms with Gasteiger partial charge in [-0.3, -0.25) is 4.90 Å². The van der Waals surface area contributed by atoms with Crippen LogP contribution in [0.25, 0.3) is 0 Å². The minimum absolute atomic E-state index is 0.861. The Balaban J connectivity index is 1.95. The van der Waals surface area contributed by atoms with Crippen LogP contribution in [0.1, 0.15) is 17.5 Å². The van der Waals surface area contributed by atoms with E-state index in [1.807, 2.05) is 11.6 Å². The minimum atomic E-state index is 0.861. The van der Waals surface area contributed by atoms with Gasteiger partial charge in [0.1, 0.15) is 0 Å². The van der Waals surface area contributed by atoms with E-state index in [4.69, 9.17) is 11.6 Å². The van der Waals surface area contributed by atoms with Crippen LogP contribution in [-0.4, -0.2) is 16.4 Å². The summed E-state index contributed by atoms with van der Waals surface area (Å²) in [5.74, 6) is 0. The molecule has 0 spiro atoms. The summed E-state index contributed by atoms with van der Waals surface area (Å²) in [6, 6.07) is 4.05. The van der Waals surface area contributed by atoms with Gasteiger partial charge >= 0.3 is 0 Å². The standard InChI is InChI=1S/C11H13ClN2S2/c1-2-14(5-9-7-15-8-13-9)6-10-3-4-11(12)16-10/h3-4,7-8H,2,5-6H2,1H3. The van der Waals surface area contributed by atoms with Crippen molar-refractivity contribution in [2.45, 2.75) is 20.0 Å². The second-order valence-corrected chi connectivity index (χ2v) is 6.01. The largest absolute Gasteiger partial charge is 0.293 e. The van der Waals surface area contributed by atoms with Crippen LogP contribution in [-0.2, 0) is 13.1 Å². The van der Waals surface area contributed by atoms with Crippen molar-refractivity contribution in [2.75, 3.05) is 6.54 Å². The van der Waals surface area contributed by atoms with E-state index in [0.717, 1.165) is 29.7 Å². The summed E-state index contributed by atoms with van der Waals surface area (Å²) < 4.78 is 0.861. The van der Waals surface area contributed by atoms with Crippen molar-refractivity contribution in [1.29, 1.82) is 0 Å². The highest BCUT2D eigenvalue weighted by Gasteiger charge is 2.07. The molecular formula is C11H13ClN2S2. The molecule has 0 N–H and O–H groups in total. The second-order valence-electron chi connectivity index (χ2n) is 3.49. The fourth-order valence-corrected chi connectivity index (χ4v) is 3.16. The number of thiazole rings is 1. The van der Waals surface area contributed by atoms with E-state index < -0.39 is 0 Å². The average Bonchev–Trinajstić information content (AvgIpc) is 2.89. The van der Waals surface area contributed by atoms with Crippen molar-refractivity contribution in [2.24, 2.45) is 0 Å². The van der Waals surface area contributed by atoms with E-state index >= 15 is 0 Å². The first-order valence-electron chi connectivity index (χ1n) is 5.11. The van der Waals surface area contributed by atoms with Gasteiger partial charge in [-0.05, 0) is 18.7 Å². The Morgan fingerprint density at radius 2 is 2.25 bits per heavy atom. The molecule has 16 heavy (non-hydrogen) atoms. The number of aromatic nitrogens is 1. The number of hydrogen-bond donors (Lipinski definition) is 0. The van der Waals surface area contributed by atoms with E-state index in [9.17, 15) is 0 Å². The third kappa shape index (κ3) is 3.28. The lowest BCUT2D eigenvalue weighted by atomic mass is 10.3. The Morgan fingerprint density at radius 1 is 1.38 bits per heavy atom. The van der Waals surface area contributed by atoms with Crippen molar-refractivity contribution in [3.05, 3.63) is 37.9 Å². The summed E-state index contributed by atoms with van der Waals surface area (Å²) in [6.07, 6.45) is 0. The quantitative estimate of drug-likeness (QED) is 0.821. The number of nitrogens with zero attached hydrogens (tertiary/aromatic N) is 2. The maximum Gasteiger partial charge on any atom is 0.0931 e. The third-order valence-corrected chi connectivity index (χ3v) is 4.18. The Bertz CT molecular complexity index is 425. The van der Waals surface area contributed by atoms with Gasteiger partial charge in [-0.15, -0.1) is 22.7 Å². The molecule has 0 bridgehead atoms. The summed E-state index contributed by atoms with van der Waals surface area (Å²) in [7, 11) is 0. The predicted molar refractivity (Wildman–Crippen MR) is 71.2 cm³/mol. The first-order valence-corrected chi connectivity index (χ1v) is 7.25. The summed E-state index contributed by atoms with van der Waals surface area (Å²) in [4.78, 5) is 7.97. The molecule has 5 heteroatoms. The molecular weight excluding hydrogens is 260 g/mol. The lowest BCUT2D eigenvalue weighted by Crippen LogP contribution is -2.21.